The highest BCUT2D eigenvalue weighted by atomic mass is 16.5. The maximum atomic E-state index is 12.5. The van der Waals surface area contributed by atoms with E-state index in [1.54, 1.807) is 0 Å². The van der Waals surface area contributed by atoms with Crippen LogP contribution in [-0.4, -0.2) is 60.0 Å². The third kappa shape index (κ3) is 4.51. The predicted octanol–water partition coefficient (Wildman–Crippen LogP) is 2.02. The Morgan fingerprint density at radius 3 is 2.88 bits per heavy atom. The van der Waals surface area contributed by atoms with Crippen molar-refractivity contribution in [3.63, 3.8) is 0 Å². The fourth-order valence-electron chi connectivity index (χ4n) is 3.27. The lowest BCUT2D eigenvalue weighted by atomic mass is 10.1. The van der Waals surface area contributed by atoms with Gasteiger partial charge < -0.3 is 10.1 Å². The lowest BCUT2D eigenvalue weighted by Crippen LogP contribution is -2.41. The number of carbonyl (C=O) groups excluding carboxylic acids is 1. The highest BCUT2D eigenvalue weighted by Crippen LogP contribution is 2.31. The van der Waals surface area contributed by atoms with E-state index in [9.17, 15) is 4.79 Å². The van der Waals surface area contributed by atoms with Gasteiger partial charge in [0.2, 0.25) is 0 Å². The molecule has 0 radical (unpaired) electrons. The number of amides is 1. The number of rotatable bonds is 7. The summed E-state index contributed by atoms with van der Waals surface area (Å²) in [5.41, 5.74) is 2.79. The van der Waals surface area contributed by atoms with Crippen molar-refractivity contribution in [1.82, 2.24) is 20.0 Å². The number of morpholine rings is 1. The maximum Gasteiger partial charge on any atom is 0.251 e. The molecule has 26 heavy (non-hydrogen) atoms. The summed E-state index contributed by atoms with van der Waals surface area (Å²) in [5, 5.41) is 7.47. The molecular formula is C20H26N4O2. The quantitative estimate of drug-likeness (QED) is 0.826. The number of benzene rings is 1. The minimum atomic E-state index is -0.0227. The zero-order chi connectivity index (χ0) is 17.8. The number of ether oxygens (including phenoxy) is 1. The average molecular weight is 354 g/mol. The second-order valence-electron chi connectivity index (χ2n) is 7.19. The molecule has 4 rings (SSSR count). The van der Waals surface area contributed by atoms with Crippen molar-refractivity contribution in [2.45, 2.75) is 19.4 Å². The van der Waals surface area contributed by atoms with Gasteiger partial charge in [-0.3, -0.25) is 14.4 Å². The van der Waals surface area contributed by atoms with E-state index in [2.05, 4.69) is 21.5 Å². The van der Waals surface area contributed by atoms with E-state index in [4.69, 9.17) is 4.74 Å². The summed E-state index contributed by atoms with van der Waals surface area (Å²) in [6, 6.07) is 7.78. The molecule has 6 heteroatoms. The molecular weight excluding hydrogens is 328 g/mol. The third-order valence-corrected chi connectivity index (χ3v) is 5.05. The molecule has 1 aliphatic heterocycles. The number of nitrogens with one attached hydrogen (secondary N) is 1. The van der Waals surface area contributed by atoms with E-state index in [1.165, 1.54) is 12.8 Å². The van der Waals surface area contributed by atoms with Crippen molar-refractivity contribution in [3.8, 4) is 11.1 Å². The van der Waals surface area contributed by atoms with Gasteiger partial charge in [-0.1, -0.05) is 12.1 Å². The largest absolute Gasteiger partial charge is 0.379 e. The molecule has 138 valence electrons. The highest BCUT2D eigenvalue weighted by molar-refractivity contribution is 5.95. The number of nitrogens with zero attached hydrogens (tertiary/aromatic N) is 3. The van der Waals surface area contributed by atoms with E-state index in [1.807, 2.05) is 35.1 Å². The van der Waals surface area contributed by atoms with Crippen molar-refractivity contribution in [2.24, 2.45) is 5.92 Å². The van der Waals surface area contributed by atoms with Gasteiger partial charge in [0.1, 0.15) is 0 Å². The first-order valence-electron chi connectivity index (χ1n) is 9.49. The van der Waals surface area contributed by atoms with Crippen LogP contribution >= 0.6 is 0 Å². The van der Waals surface area contributed by atoms with Gasteiger partial charge in [0.05, 0.1) is 19.4 Å². The molecule has 1 saturated carbocycles. The van der Waals surface area contributed by atoms with Gasteiger partial charge in [0.15, 0.2) is 0 Å². The first kappa shape index (κ1) is 17.2. The topological polar surface area (TPSA) is 59.4 Å². The van der Waals surface area contributed by atoms with Gasteiger partial charge in [-0.2, -0.15) is 5.10 Å². The van der Waals surface area contributed by atoms with Crippen LogP contribution in [0, 0.1) is 5.92 Å². The van der Waals surface area contributed by atoms with Gasteiger partial charge in [0, 0.05) is 50.0 Å². The Labute approximate surface area is 154 Å². The Balaban J connectivity index is 1.33. The number of hydrogen-bond acceptors (Lipinski definition) is 4. The lowest BCUT2D eigenvalue weighted by molar-refractivity contribution is 0.0383. The summed E-state index contributed by atoms with van der Waals surface area (Å²) >= 11 is 0. The molecule has 0 spiro atoms. The molecule has 1 aromatic carbocycles. The van der Waals surface area contributed by atoms with E-state index in [0.717, 1.165) is 56.4 Å². The van der Waals surface area contributed by atoms with E-state index in [0.29, 0.717) is 12.1 Å². The van der Waals surface area contributed by atoms with E-state index < -0.39 is 0 Å². The highest BCUT2D eigenvalue weighted by Gasteiger charge is 2.22. The molecule has 1 saturated heterocycles. The molecule has 1 aromatic heterocycles. The predicted molar refractivity (Wildman–Crippen MR) is 100.0 cm³/mol. The van der Waals surface area contributed by atoms with Gasteiger partial charge in [-0.15, -0.1) is 0 Å². The van der Waals surface area contributed by atoms with Crippen molar-refractivity contribution in [1.29, 1.82) is 0 Å². The molecule has 2 fully saturated rings. The molecule has 0 atom stereocenters. The molecule has 0 bridgehead atoms. The van der Waals surface area contributed by atoms with Crippen molar-refractivity contribution in [2.75, 3.05) is 39.4 Å². The first-order chi connectivity index (χ1) is 12.8. The zero-order valence-corrected chi connectivity index (χ0v) is 15.1. The second kappa shape index (κ2) is 8.01. The molecule has 1 N–H and O–H groups in total. The van der Waals surface area contributed by atoms with E-state index >= 15 is 0 Å². The van der Waals surface area contributed by atoms with Gasteiger partial charge >= 0.3 is 0 Å². The summed E-state index contributed by atoms with van der Waals surface area (Å²) in [5.74, 6) is 0.775. The van der Waals surface area contributed by atoms with E-state index in [-0.39, 0.29) is 5.91 Å². The Kier molecular flexibility index (Phi) is 5.32. The SMILES string of the molecule is O=C(NCCN1CCOCC1)c1cccc(-c2cnn(CC3CC3)c2)c1. The van der Waals surface area contributed by atoms with Crippen LogP contribution in [0.15, 0.2) is 36.7 Å². The molecule has 2 heterocycles. The molecule has 1 amide bonds. The summed E-state index contributed by atoms with van der Waals surface area (Å²) in [6.07, 6.45) is 6.59. The fraction of sp³-hybridized carbons (Fsp3) is 0.500. The monoisotopic (exact) mass is 354 g/mol. The summed E-state index contributed by atoms with van der Waals surface area (Å²) in [7, 11) is 0. The van der Waals surface area contributed by atoms with Crippen LogP contribution in [0.2, 0.25) is 0 Å². The van der Waals surface area contributed by atoms with Crippen molar-refractivity contribution < 1.29 is 9.53 Å². The minimum absolute atomic E-state index is 0.0227. The normalized spacial score (nSPS) is 18.0. The average Bonchev–Trinajstić information content (AvgIpc) is 3.37. The van der Waals surface area contributed by atoms with Crippen LogP contribution in [-0.2, 0) is 11.3 Å². The Hall–Kier alpha value is -2.18. The Morgan fingerprint density at radius 2 is 2.08 bits per heavy atom. The second-order valence-corrected chi connectivity index (χ2v) is 7.19. The van der Waals surface area contributed by atoms with Gasteiger partial charge in [-0.05, 0) is 36.5 Å². The third-order valence-electron chi connectivity index (χ3n) is 5.05. The van der Waals surface area contributed by atoms with Crippen molar-refractivity contribution >= 4 is 5.91 Å². The molecule has 0 unspecified atom stereocenters. The van der Waals surface area contributed by atoms with Crippen LogP contribution in [0.5, 0.6) is 0 Å². The van der Waals surface area contributed by atoms with Crippen molar-refractivity contribution in [3.05, 3.63) is 42.2 Å². The smallest absolute Gasteiger partial charge is 0.251 e. The van der Waals surface area contributed by atoms with Gasteiger partial charge in [-0.25, -0.2) is 0 Å². The standard InChI is InChI=1S/C20H26N4O2/c25-20(21-6-7-23-8-10-26-11-9-23)18-3-1-2-17(12-18)19-13-22-24(15-19)14-16-4-5-16/h1-3,12-13,15-16H,4-11,14H2,(H,21,25). The first-order valence-corrected chi connectivity index (χ1v) is 9.49. The zero-order valence-electron chi connectivity index (χ0n) is 15.1. The summed E-state index contributed by atoms with van der Waals surface area (Å²) in [6.45, 7) is 5.97. The molecule has 1 aliphatic carbocycles. The van der Waals surface area contributed by atoms with Crippen LogP contribution < -0.4 is 5.32 Å². The molecule has 6 nitrogen and oxygen atoms in total. The van der Waals surface area contributed by atoms with Crippen LogP contribution in [0.4, 0.5) is 0 Å². The van der Waals surface area contributed by atoms with Crippen LogP contribution in [0.25, 0.3) is 11.1 Å². The number of aromatic nitrogens is 2. The molecule has 2 aliphatic rings. The summed E-state index contributed by atoms with van der Waals surface area (Å²) < 4.78 is 7.36. The van der Waals surface area contributed by atoms with Gasteiger partial charge in [0.25, 0.3) is 5.91 Å². The maximum absolute atomic E-state index is 12.5. The minimum Gasteiger partial charge on any atom is -0.379 e. The Bertz CT molecular complexity index is 748. The number of hydrogen-bond donors (Lipinski definition) is 1. The number of carbonyl (C=O) groups is 1. The van der Waals surface area contributed by atoms with Crippen LogP contribution in [0.3, 0.4) is 0 Å². The fourth-order valence-corrected chi connectivity index (χ4v) is 3.27. The van der Waals surface area contributed by atoms with Crippen LogP contribution in [0.1, 0.15) is 23.2 Å². The lowest BCUT2D eigenvalue weighted by Gasteiger charge is -2.26. The summed E-state index contributed by atoms with van der Waals surface area (Å²) in [4.78, 5) is 14.8. The molecule has 2 aromatic rings. The Morgan fingerprint density at radius 1 is 1.23 bits per heavy atom.